The number of rotatable bonds is 5. The normalized spacial score (nSPS) is 16.3. The maximum absolute atomic E-state index is 12.9. The lowest BCUT2D eigenvalue weighted by Gasteiger charge is -2.29. The van der Waals surface area contributed by atoms with E-state index >= 15 is 0 Å². The van der Waals surface area contributed by atoms with E-state index in [-0.39, 0.29) is 29.1 Å². The van der Waals surface area contributed by atoms with Gasteiger partial charge < -0.3 is 14.6 Å². The second-order valence-corrected chi connectivity index (χ2v) is 10.5. The number of hydrogen-bond acceptors (Lipinski definition) is 5. The molecular formula is C23H20F3N3O4S. The van der Waals surface area contributed by atoms with E-state index in [9.17, 15) is 26.4 Å². The van der Waals surface area contributed by atoms with E-state index in [1.54, 1.807) is 17.0 Å². The molecule has 2 aliphatic rings. The molecule has 2 heterocycles. The number of alkyl halides is 3. The Morgan fingerprint density at radius 2 is 1.85 bits per heavy atom. The SMILES string of the molecule is O=C(c1c[nH]c(S(=O)(=O)C2CC2)n1)N1CCc2c(cccc2Oc2ccc(C(F)(F)F)cc2)C1. The third-order valence-electron chi connectivity index (χ3n) is 5.93. The van der Waals surface area contributed by atoms with Crippen LogP contribution in [0.1, 0.15) is 40.0 Å². The molecule has 0 spiro atoms. The Hall–Kier alpha value is -3.34. The molecule has 1 aliphatic carbocycles. The van der Waals surface area contributed by atoms with Gasteiger partial charge in [-0.05, 0) is 55.2 Å². The molecule has 11 heteroatoms. The van der Waals surface area contributed by atoms with Gasteiger partial charge in [0.1, 0.15) is 17.2 Å². The van der Waals surface area contributed by atoms with Crippen LogP contribution in [0.15, 0.2) is 53.8 Å². The average molecular weight is 491 g/mol. The lowest BCUT2D eigenvalue weighted by Crippen LogP contribution is -2.36. The fraction of sp³-hybridized carbons (Fsp3) is 0.304. The van der Waals surface area contributed by atoms with E-state index in [1.807, 2.05) is 6.07 Å². The summed E-state index contributed by atoms with van der Waals surface area (Å²) < 4.78 is 68.9. The van der Waals surface area contributed by atoms with Crippen LogP contribution < -0.4 is 4.74 Å². The minimum absolute atomic E-state index is 0.0415. The molecule has 2 aromatic carbocycles. The van der Waals surface area contributed by atoms with Crippen molar-refractivity contribution in [2.75, 3.05) is 6.54 Å². The molecule has 1 saturated carbocycles. The summed E-state index contributed by atoms with van der Waals surface area (Å²) in [6, 6.07) is 9.80. The lowest BCUT2D eigenvalue weighted by molar-refractivity contribution is -0.137. The zero-order valence-corrected chi connectivity index (χ0v) is 18.6. The summed E-state index contributed by atoms with van der Waals surface area (Å²) in [5.74, 6) is 0.413. The maximum atomic E-state index is 12.9. The molecular weight excluding hydrogens is 471 g/mol. The van der Waals surface area contributed by atoms with Crippen molar-refractivity contribution in [1.82, 2.24) is 14.9 Å². The topological polar surface area (TPSA) is 92.4 Å². The number of carbonyl (C=O) groups excluding carboxylic acids is 1. The standard InChI is InChI=1S/C23H20F3N3O4S/c24-23(25,26)15-4-6-16(7-5-15)33-20-3-1-2-14-13-29(11-10-18(14)20)21(30)19-12-27-22(28-19)34(31,32)17-8-9-17/h1-7,12,17H,8-11,13H2,(H,27,28). The number of halogens is 3. The summed E-state index contributed by atoms with van der Waals surface area (Å²) >= 11 is 0. The highest BCUT2D eigenvalue weighted by molar-refractivity contribution is 7.92. The molecule has 7 nitrogen and oxygen atoms in total. The number of aromatic nitrogens is 2. The van der Waals surface area contributed by atoms with Crippen LogP contribution >= 0.6 is 0 Å². The monoisotopic (exact) mass is 491 g/mol. The smallest absolute Gasteiger partial charge is 0.416 e. The van der Waals surface area contributed by atoms with E-state index in [0.717, 1.165) is 23.3 Å². The quantitative estimate of drug-likeness (QED) is 0.573. The van der Waals surface area contributed by atoms with Gasteiger partial charge in [-0.3, -0.25) is 4.79 Å². The van der Waals surface area contributed by atoms with Crippen molar-refractivity contribution >= 4 is 15.7 Å². The third kappa shape index (κ3) is 4.27. The fourth-order valence-electron chi connectivity index (χ4n) is 3.94. The number of sulfone groups is 1. The highest BCUT2D eigenvalue weighted by Gasteiger charge is 2.39. The molecule has 0 bridgehead atoms. The van der Waals surface area contributed by atoms with Crippen LogP contribution in [-0.4, -0.2) is 41.0 Å². The van der Waals surface area contributed by atoms with Gasteiger partial charge in [-0.15, -0.1) is 0 Å². The van der Waals surface area contributed by atoms with Gasteiger partial charge in [-0.1, -0.05) is 12.1 Å². The molecule has 0 radical (unpaired) electrons. The molecule has 1 aliphatic heterocycles. The molecule has 34 heavy (non-hydrogen) atoms. The Labute approximate surface area is 193 Å². The number of nitrogens with zero attached hydrogens (tertiary/aromatic N) is 2. The van der Waals surface area contributed by atoms with Gasteiger partial charge in [0, 0.05) is 24.8 Å². The van der Waals surface area contributed by atoms with E-state index in [0.29, 0.717) is 31.6 Å². The van der Waals surface area contributed by atoms with Crippen LogP contribution in [0.25, 0.3) is 0 Å². The van der Waals surface area contributed by atoms with Crippen LogP contribution in [-0.2, 0) is 29.0 Å². The van der Waals surface area contributed by atoms with Crippen LogP contribution in [0, 0.1) is 0 Å². The first kappa shape index (κ1) is 22.5. The number of imidazole rings is 1. The average Bonchev–Trinajstić information content (AvgIpc) is 3.55. The van der Waals surface area contributed by atoms with Crippen molar-refractivity contribution in [3.05, 3.63) is 71.0 Å². The minimum Gasteiger partial charge on any atom is -0.457 e. The van der Waals surface area contributed by atoms with Crippen LogP contribution in [0.5, 0.6) is 11.5 Å². The van der Waals surface area contributed by atoms with Gasteiger partial charge in [0.25, 0.3) is 5.91 Å². The highest BCUT2D eigenvalue weighted by atomic mass is 32.2. The lowest BCUT2D eigenvalue weighted by atomic mass is 9.98. The largest absolute Gasteiger partial charge is 0.457 e. The van der Waals surface area contributed by atoms with E-state index in [1.165, 1.54) is 18.3 Å². The molecule has 1 aromatic heterocycles. The van der Waals surface area contributed by atoms with Crippen molar-refractivity contribution < 1.29 is 31.1 Å². The molecule has 178 valence electrons. The van der Waals surface area contributed by atoms with E-state index < -0.39 is 26.8 Å². The molecule has 1 fully saturated rings. The van der Waals surface area contributed by atoms with Gasteiger partial charge in [0.05, 0.1) is 10.8 Å². The van der Waals surface area contributed by atoms with E-state index in [2.05, 4.69) is 9.97 Å². The predicted octanol–water partition coefficient (Wildman–Crippen LogP) is 4.36. The summed E-state index contributed by atoms with van der Waals surface area (Å²) in [5, 5.41) is -0.602. The first-order valence-corrected chi connectivity index (χ1v) is 12.2. The molecule has 5 rings (SSSR count). The first-order valence-electron chi connectivity index (χ1n) is 10.7. The Kier molecular flexibility index (Phi) is 5.38. The maximum Gasteiger partial charge on any atom is 0.416 e. The number of nitrogens with one attached hydrogen (secondary N) is 1. The second-order valence-electron chi connectivity index (χ2n) is 8.33. The molecule has 3 aromatic rings. The summed E-state index contributed by atoms with van der Waals surface area (Å²) in [6.45, 7) is 0.632. The van der Waals surface area contributed by atoms with Crippen LogP contribution in [0.2, 0.25) is 0 Å². The number of hydrogen-bond donors (Lipinski definition) is 1. The van der Waals surface area contributed by atoms with Gasteiger partial charge in [0.2, 0.25) is 15.0 Å². The zero-order valence-electron chi connectivity index (χ0n) is 17.8. The third-order valence-corrected chi connectivity index (χ3v) is 8.02. The Morgan fingerprint density at radius 3 is 2.53 bits per heavy atom. The zero-order chi connectivity index (χ0) is 24.1. The number of ether oxygens (including phenoxy) is 1. The van der Waals surface area contributed by atoms with Crippen LogP contribution in [0.4, 0.5) is 13.2 Å². The first-order chi connectivity index (χ1) is 16.1. The van der Waals surface area contributed by atoms with Crippen LogP contribution in [0.3, 0.4) is 0 Å². The van der Waals surface area contributed by atoms with Gasteiger partial charge in [0.15, 0.2) is 0 Å². The fourth-order valence-corrected chi connectivity index (χ4v) is 5.46. The van der Waals surface area contributed by atoms with Gasteiger partial charge in [-0.2, -0.15) is 13.2 Å². The van der Waals surface area contributed by atoms with E-state index in [4.69, 9.17) is 4.74 Å². The second kappa shape index (κ2) is 8.15. The number of aromatic amines is 1. The van der Waals surface area contributed by atoms with Gasteiger partial charge >= 0.3 is 6.18 Å². The van der Waals surface area contributed by atoms with Crippen molar-refractivity contribution in [2.45, 2.75) is 42.4 Å². The highest BCUT2D eigenvalue weighted by Crippen LogP contribution is 2.35. The predicted molar refractivity (Wildman–Crippen MR) is 115 cm³/mol. The van der Waals surface area contributed by atoms with Gasteiger partial charge in [-0.25, -0.2) is 13.4 Å². The van der Waals surface area contributed by atoms with Crippen molar-refractivity contribution in [3.63, 3.8) is 0 Å². The van der Waals surface area contributed by atoms with Crippen molar-refractivity contribution in [1.29, 1.82) is 0 Å². The summed E-state index contributed by atoms with van der Waals surface area (Å²) in [7, 11) is -3.52. The summed E-state index contributed by atoms with van der Waals surface area (Å²) in [4.78, 5) is 21.2. The Bertz CT molecular complexity index is 1350. The number of benzene rings is 2. The number of fused-ring (bicyclic) bond motifs is 1. The Balaban J connectivity index is 1.31. The minimum atomic E-state index is -4.42. The van der Waals surface area contributed by atoms with Crippen molar-refractivity contribution in [2.24, 2.45) is 0 Å². The summed E-state index contributed by atoms with van der Waals surface area (Å²) in [6.07, 6.45) is -1.43. The Morgan fingerprint density at radius 1 is 1.12 bits per heavy atom. The molecule has 0 atom stereocenters. The molecule has 0 unspecified atom stereocenters. The number of amides is 1. The molecule has 0 saturated heterocycles. The van der Waals surface area contributed by atoms with Crippen molar-refractivity contribution in [3.8, 4) is 11.5 Å². The molecule has 1 amide bonds. The summed E-state index contributed by atoms with van der Waals surface area (Å²) in [5.41, 5.74) is 0.992. The number of H-pyrrole nitrogens is 1. The number of carbonyl (C=O) groups is 1. The molecule has 1 N–H and O–H groups in total.